The molecule has 2 N–H and O–H groups in total. The van der Waals surface area contributed by atoms with Crippen LogP contribution in [0.25, 0.3) is 0 Å². The molecule has 1 aliphatic heterocycles. The van der Waals surface area contributed by atoms with Gasteiger partial charge >= 0.3 is 0 Å². The van der Waals surface area contributed by atoms with Crippen molar-refractivity contribution in [3.05, 3.63) is 58.7 Å². The predicted octanol–water partition coefficient (Wildman–Crippen LogP) is 4.32. The van der Waals surface area contributed by atoms with E-state index in [1.165, 1.54) is 6.07 Å². The molecule has 0 spiro atoms. The van der Waals surface area contributed by atoms with Crippen LogP contribution in [0.2, 0.25) is 0 Å². The monoisotopic (exact) mass is 354 g/mol. The number of allylic oxidation sites excluding steroid dienone is 2. The third kappa shape index (κ3) is 3.38. The standard InChI is InChI=1S/C21H22O5/c1-12(2)4-9-15-16(22)10-19-20(21(15)24)17(23)11-18(26-19)13-5-7-14(25-3)8-6-13/h4-8,10,18,22,24H,9,11H2,1-3H3/t18-/m0/s1. The molecule has 26 heavy (non-hydrogen) atoms. The molecule has 0 unspecified atom stereocenters. The van der Waals surface area contributed by atoms with Crippen LogP contribution in [0.15, 0.2) is 42.0 Å². The van der Waals surface area contributed by atoms with E-state index in [1.807, 2.05) is 32.1 Å². The minimum absolute atomic E-state index is 0.0815. The van der Waals surface area contributed by atoms with Gasteiger partial charge in [-0.05, 0) is 38.0 Å². The van der Waals surface area contributed by atoms with Gasteiger partial charge in [-0.15, -0.1) is 0 Å². The van der Waals surface area contributed by atoms with E-state index in [4.69, 9.17) is 9.47 Å². The van der Waals surface area contributed by atoms with Crippen LogP contribution in [0.3, 0.4) is 0 Å². The first-order chi connectivity index (χ1) is 12.4. The normalized spacial score (nSPS) is 15.8. The Morgan fingerprint density at radius 2 is 1.96 bits per heavy atom. The summed E-state index contributed by atoms with van der Waals surface area (Å²) in [6.45, 7) is 3.86. The van der Waals surface area contributed by atoms with E-state index in [9.17, 15) is 15.0 Å². The molecule has 0 radical (unpaired) electrons. The van der Waals surface area contributed by atoms with Gasteiger partial charge in [0.15, 0.2) is 5.78 Å². The molecule has 5 heteroatoms. The predicted molar refractivity (Wildman–Crippen MR) is 98.2 cm³/mol. The highest BCUT2D eigenvalue weighted by atomic mass is 16.5. The molecule has 5 nitrogen and oxygen atoms in total. The van der Waals surface area contributed by atoms with Crippen molar-refractivity contribution in [1.82, 2.24) is 0 Å². The Morgan fingerprint density at radius 1 is 1.27 bits per heavy atom. The maximum Gasteiger partial charge on any atom is 0.174 e. The minimum atomic E-state index is -0.469. The van der Waals surface area contributed by atoms with Crippen molar-refractivity contribution in [2.24, 2.45) is 0 Å². The molecule has 0 bridgehead atoms. The number of ether oxygens (including phenoxy) is 2. The second-order valence-electron chi connectivity index (χ2n) is 6.59. The van der Waals surface area contributed by atoms with Gasteiger partial charge in [0.2, 0.25) is 0 Å². The molecule has 0 aromatic heterocycles. The van der Waals surface area contributed by atoms with Crippen LogP contribution in [0.4, 0.5) is 0 Å². The number of hydrogen-bond donors (Lipinski definition) is 2. The second kappa shape index (κ2) is 7.12. The fourth-order valence-corrected chi connectivity index (χ4v) is 3.01. The topological polar surface area (TPSA) is 76.0 Å². The smallest absolute Gasteiger partial charge is 0.174 e. The molecule has 0 amide bonds. The molecular weight excluding hydrogens is 332 g/mol. The van der Waals surface area contributed by atoms with E-state index in [-0.39, 0.29) is 35.0 Å². The fraction of sp³-hybridized carbons (Fsp3) is 0.286. The molecule has 2 aromatic carbocycles. The Hall–Kier alpha value is -2.95. The van der Waals surface area contributed by atoms with Crippen LogP contribution >= 0.6 is 0 Å². The molecule has 0 saturated heterocycles. The van der Waals surface area contributed by atoms with Crippen LogP contribution in [-0.4, -0.2) is 23.1 Å². The number of ketones is 1. The average molecular weight is 354 g/mol. The fourth-order valence-electron chi connectivity index (χ4n) is 3.01. The molecule has 0 saturated carbocycles. The van der Waals surface area contributed by atoms with Crippen LogP contribution in [0, 0.1) is 0 Å². The number of aromatic hydroxyl groups is 2. The Morgan fingerprint density at radius 3 is 2.58 bits per heavy atom. The largest absolute Gasteiger partial charge is 0.507 e. The van der Waals surface area contributed by atoms with Gasteiger partial charge in [-0.2, -0.15) is 0 Å². The van der Waals surface area contributed by atoms with Gasteiger partial charge in [-0.1, -0.05) is 23.8 Å². The number of methoxy groups -OCH3 is 1. The number of benzene rings is 2. The van der Waals surface area contributed by atoms with Gasteiger partial charge in [0.1, 0.15) is 34.7 Å². The zero-order valence-electron chi connectivity index (χ0n) is 15.1. The number of fused-ring (bicyclic) bond motifs is 1. The Kier molecular flexibility index (Phi) is 4.89. The molecule has 0 aliphatic carbocycles. The molecule has 1 heterocycles. The first-order valence-electron chi connectivity index (χ1n) is 8.45. The van der Waals surface area contributed by atoms with Gasteiger partial charge in [-0.25, -0.2) is 0 Å². The number of phenolic OH excluding ortho intramolecular Hbond substituents is 2. The van der Waals surface area contributed by atoms with Crippen molar-refractivity contribution in [1.29, 1.82) is 0 Å². The number of carbonyl (C=O) groups is 1. The van der Waals surface area contributed by atoms with Crippen LogP contribution in [0.1, 0.15) is 47.9 Å². The molecule has 0 fully saturated rings. The van der Waals surface area contributed by atoms with Crippen molar-refractivity contribution in [3.8, 4) is 23.0 Å². The van der Waals surface area contributed by atoms with E-state index in [1.54, 1.807) is 19.2 Å². The zero-order chi connectivity index (χ0) is 18.8. The summed E-state index contributed by atoms with van der Waals surface area (Å²) in [6.07, 6.45) is 1.89. The number of phenols is 2. The summed E-state index contributed by atoms with van der Waals surface area (Å²) in [6, 6.07) is 8.69. The first kappa shape index (κ1) is 17.9. The van der Waals surface area contributed by atoms with Gasteiger partial charge < -0.3 is 19.7 Å². The Labute approximate surface area is 152 Å². The number of hydrogen-bond acceptors (Lipinski definition) is 5. The van der Waals surface area contributed by atoms with Gasteiger partial charge in [-0.3, -0.25) is 4.79 Å². The van der Waals surface area contributed by atoms with Crippen molar-refractivity contribution < 1.29 is 24.5 Å². The Balaban J connectivity index is 1.95. The van der Waals surface area contributed by atoms with Crippen LogP contribution < -0.4 is 9.47 Å². The summed E-state index contributed by atoms with van der Waals surface area (Å²) in [5.41, 5.74) is 2.37. The molecule has 3 rings (SSSR count). The van der Waals surface area contributed by atoms with Gasteiger partial charge in [0.25, 0.3) is 0 Å². The average Bonchev–Trinajstić information content (AvgIpc) is 2.60. The highest BCUT2D eigenvalue weighted by Crippen LogP contribution is 2.44. The minimum Gasteiger partial charge on any atom is -0.507 e. The van der Waals surface area contributed by atoms with Crippen LogP contribution in [0.5, 0.6) is 23.0 Å². The highest BCUT2D eigenvalue weighted by Gasteiger charge is 2.32. The number of Topliss-reactive ketones (excluding diaryl/α,β-unsaturated/α-hetero) is 1. The van der Waals surface area contributed by atoms with Crippen molar-refractivity contribution >= 4 is 5.78 Å². The molecule has 1 atom stereocenters. The van der Waals surface area contributed by atoms with E-state index >= 15 is 0 Å². The molecule has 2 aromatic rings. The summed E-state index contributed by atoms with van der Waals surface area (Å²) in [5.74, 6) is 0.439. The van der Waals surface area contributed by atoms with Crippen LogP contribution in [-0.2, 0) is 6.42 Å². The van der Waals surface area contributed by atoms with Crippen molar-refractivity contribution in [3.63, 3.8) is 0 Å². The maximum absolute atomic E-state index is 12.7. The summed E-state index contributed by atoms with van der Waals surface area (Å²) in [5, 5.41) is 20.8. The zero-order valence-corrected chi connectivity index (χ0v) is 15.1. The third-order valence-corrected chi connectivity index (χ3v) is 4.47. The SMILES string of the molecule is COc1ccc([C@@H]2CC(=O)c3c(cc(O)c(CC=C(C)C)c3O)O2)cc1. The number of rotatable bonds is 4. The van der Waals surface area contributed by atoms with Gasteiger partial charge in [0.05, 0.1) is 13.5 Å². The molecule has 1 aliphatic rings. The second-order valence-corrected chi connectivity index (χ2v) is 6.59. The summed E-state index contributed by atoms with van der Waals surface area (Å²) in [7, 11) is 1.59. The lowest BCUT2D eigenvalue weighted by molar-refractivity contribution is 0.0844. The Bertz CT molecular complexity index is 861. The van der Waals surface area contributed by atoms with E-state index in [0.29, 0.717) is 12.0 Å². The quantitative estimate of drug-likeness (QED) is 0.800. The highest BCUT2D eigenvalue weighted by molar-refractivity contribution is 6.03. The lowest BCUT2D eigenvalue weighted by Gasteiger charge is -2.27. The van der Waals surface area contributed by atoms with Gasteiger partial charge in [0, 0.05) is 11.6 Å². The maximum atomic E-state index is 12.7. The van der Waals surface area contributed by atoms with Crippen molar-refractivity contribution in [2.45, 2.75) is 32.8 Å². The third-order valence-electron chi connectivity index (χ3n) is 4.47. The molecule has 136 valence electrons. The molecular formula is C21H22O5. The lowest BCUT2D eigenvalue weighted by Crippen LogP contribution is -2.21. The van der Waals surface area contributed by atoms with E-state index < -0.39 is 6.10 Å². The summed E-state index contributed by atoms with van der Waals surface area (Å²) >= 11 is 0. The first-order valence-corrected chi connectivity index (χ1v) is 8.45. The summed E-state index contributed by atoms with van der Waals surface area (Å²) < 4.78 is 11.0. The van der Waals surface area contributed by atoms with E-state index in [0.717, 1.165) is 16.9 Å². The van der Waals surface area contributed by atoms with Crippen molar-refractivity contribution in [2.75, 3.05) is 7.11 Å². The van der Waals surface area contributed by atoms with E-state index in [2.05, 4.69) is 0 Å². The number of carbonyl (C=O) groups excluding carboxylic acids is 1. The lowest BCUT2D eigenvalue weighted by atomic mass is 9.93. The summed E-state index contributed by atoms with van der Waals surface area (Å²) in [4.78, 5) is 12.7.